The van der Waals surface area contributed by atoms with Gasteiger partial charge in [-0.2, -0.15) is 0 Å². The van der Waals surface area contributed by atoms with E-state index in [1.165, 1.54) is 21.5 Å². The fraction of sp³-hybridized carbons (Fsp3) is 0.333. The minimum Gasteiger partial charge on any atom is -0.345 e. The third-order valence-corrected chi connectivity index (χ3v) is 6.53. The molecule has 0 radical (unpaired) electrons. The van der Waals surface area contributed by atoms with Crippen LogP contribution in [0.1, 0.15) is 39.9 Å². The van der Waals surface area contributed by atoms with Crippen molar-refractivity contribution in [3.8, 4) is 0 Å². The van der Waals surface area contributed by atoms with E-state index >= 15 is 0 Å². The topological polar surface area (TPSA) is 80.1 Å². The summed E-state index contributed by atoms with van der Waals surface area (Å²) >= 11 is 3.12. The van der Waals surface area contributed by atoms with Crippen LogP contribution in [0.25, 0.3) is 0 Å². The monoisotopic (exact) mass is 441 g/mol. The van der Waals surface area contributed by atoms with Crippen molar-refractivity contribution in [1.29, 1.82) is 0 Å². The van der Waals surface area contributed by atoms with Crippen molar-refractivity contribution in [3.05, 3.63) is 58.0 Å². The lowest BCUT2D eigenvalue weighted by atomic mass is 10.2. The van der Waals surface area contributed by atoms with E-state index in [9.17, 15) is 9.59 Å². The van der Waals surface area contributed by atoms with Crippen molar-refractivity contribution < 1.29 is 9.59 Å². The molecule has 0 aliphatic heterocycles. The second kappa shape index (κ2) is 9.01. The maximum Gasteiger partial charge on any atom is 0.253 e. The molecule has 0 atom stereocenters. The Hall–Kier alpha value is -2.65. The zero-order valence-corrected chi connectivity index (χ0v) is 18.5. The van der Waals surface area contributed by atoms with E-state index < -0.39 is 0 Å². The number of carbonyl (C=O) groups excluding carboxylic acids is 2. The van der Waals surface area contributed by atoms with Gasteiger partial charge in [-0.1, -0.05) is 17.8 Å². The molecule has 2 heterocycles. The summed E-state index contributed by atoms with van der Waals surface area (Å²) in [6.07, 6.45) is 3.03. The first-order valence-corrected chi connectivity index (χ1v) is 11.6. The molecule has 0 saturated heterocycles. The standard InChI is InChI=1S/C21H23N5O2S2/c1-25(2)20(28)14-5-7-15(8-6-14)22-19(27)13-30-21-24-23-18(26(21)16-9-10-16)12-17-4-3-11-29-17/h3-8,11,16H,9-10,12-13H2,1-2H3,(H,22,27). The third kappa shape index (κ3) is 4.91. The van der Waals surface area contributed by atoms with Gasteiger partial charge in [0.15, 0.2) is 5.16 Å². The first-order chi connectivity index (χ1) is 14.5. The molecule has 1 N–H and O–H groups in total. The average Bonchev–Trinajstić information content (AvgIpc) is 3.28. The third-order valence-electron chi connectivity index (χ3n) is 4.71. The Bertz CT molecular complexity index is 1020. The van der Waals surface area contributed by atoms with E-state index in [1.807, 2.05) is 6.07 Å². The number of thioether (sulfide) groups is 1. The number of anilines is 1. The van der Waals surface area contributed by atoms with Gasteiger partial charge >= 0.3 is 0 Å². The number of nitrogens with zero attached hydrogens (tertiary/aromatic N) is 4. The van der Waals surface area contributed by atoms with E-state index in [0.29, 0.717) is 17.3 Å². The Labute approximate surface area is 183 Å². The molecule has 0 bridgehead atoms. The maximum absolute atomic E-state index is 12.4. The Morgan fingerprint density at radius 2 is 1.97 bits per heavy atom. The highest BCUT2D eigenvalue weighted by Crippen LogP contribution is 2.39. The van der Waals surface area contributed by atoms with Gasteiger partial charge in [0.1, 0.15) is 5.82 Å². The number of nitrogens with one attached hydrogen (secondary N) is 1. The molecule has 4 rings (SSSR count). The Morgan fingerprint density at radius 3 is 2.60 bits per heavy atom. The first kappa shape index (κ1) is 20.6. The van der Waals surface area contributed by atoms with Gasteiger partial charge < -0.3 is 14.8 Å². The molecule has 1 fully saturated rings. The molecule has 7 nitrogen and oxygen atoms in total. The molecule has 1 saturated carbocycles. The van der Waals surface area contributed by atoms with Gasteiger partial charge in [-0.15, -0.1) is 21.5 Å². The minimum atomic E-state index is -0.114. The molecule has 0 unspecified atom stereocenters. The summed E-state index contributed by atoms with van der Waals surface area (Å²) in [5.74, 6) is 1.03. The molecule has 9 heteroatoms. The molecule has 156 valence electrons. The van der Waals surface area contributed by atoms with Crippen LogP contribution in [0.2, 0.25) is 0 Å². The van der Waals surface area contributed by atoms with Crippen LogP contribution in [-0.2, 0) is 11.2 Å². The predicted octanol–water partition coefficient (Wildman–Crippen LogP) is 3.70. The normalized spacial score (nSPS) is 13.3. The summed E-state index contributed by atoms with van der Waals surface area (Å²) in [6.45, 7) is 0. The van der Waals surface area contributed by atoms with E-state index in [0.717, 1.165) is 30.2 Å². The Morgan fingerprint density at radius 1 is 1.20 bits per heavy atom. The number of rotatable bonds is 8. The quantitative estimate of drug-likeness (QED) is 0.539. The smallest absolute Gasteiger partial charge is 0.253 e. The summed E-state index contributed by atoms with van der Waals surface area (Å²) < 4.78 is 2.19. The number of hydrogen-bond donors (Lipinski definition) is 1. The van der Waals surface area contributed by atoms with E-state index in [2.05, 4.69) is 31.5 Å². The Kier molecular flexibility index (Phi) is 6.19. The SMILES string of the molecule is CN(C)C(=O)c1ccc(NC(=O)CSc2nnc(Cc3cccs3)n2C2CC2)cc1. The summed E-state index contributed by atoms with van der Waals surface area (Å²) in [5, 5.41) is 14.5. The van der Waals surface area contributed by atoms with Gasteiger partial charge in [0.05, 0.1) is 5.75 Å². The first-order valence-electron chi connectivity index (χ1n) is 9.72. The molecule has 2 aromatic heterocycles. The zero-order chi connectivity index (χ0) is 21.1. The fourth-order valence-electron chi connectivity index (χ4n) is 3.08. The van der Waals surface area contributed by atoms with E-state index in [-0.39, 0.29) is 17.6 Å². The van der Waals surface area contributed by atoms with Crippen LogP contribution in [0.4, 0.5) is 5.69 Å². The van der Waals surface area contributed by atoms with Gasteiger partial charge in [-0.3, -0.25) is 9.59 Å². The summed E-state index contributed by atoms with van der Waals surface area (Å²) in [6, 6.07) is 11.5. The largest absolute Gasteiger partial charge is 0.345 e. The van der Waals surface area contributed by atoms with Crippen molar-refractivity contribution in [2.45, 2.75) is 30.5 Å². The van der Waals surface area contributed by atoms with Crippen molar-refractivity contribution in [3.63, 3.8) is 0 Å². The molecule has 1 aliphatic carbocycles. The maximum atomic E-state index is 12.4. The predicted molar refractivity (Wildman–Crippen MR) is 119 cm³/mol. The molecular weight excluding hydrogens is 418 g/mol. The van der Waals surface area contributed by atoms with Gasteiger partial charge in [0, 0.05) is 42.7 Å². The van der Waals surface area contributed by atoms with Crippen molar-refractivity contribution >= 4 is 40.6 Å². The van der Waals surface area contributed by atoms with E-state index in [1.54, 1.807) is 49.7 Å². The van der Waals surface area contributed by atoms with Gasteiger partial charge in [0.2, 0.25) is 5.91 Å². The molecule has 30 heavy (non-hydrogen) atoms. The summed E-state index contributed by atoms with van der Waals surface area (Å²) in [5.41, 5.74) is 1.25. The number of carbonyl (C=O) groups is 2. The van der Waals surface area contributed by atoms with Crippen LogP contribution in [0, 0.1) is 0 Å². The fourth-order valence-corrected chi connectivity index (χ4v) is 4.60. The van der Waals surface area contributed by atoms with Crippen molar-refractivity contribution in [1.82, 2.24) is 19.7 Å². The lowest BCUT2D eigenvalue weighted by molar-refractivity contribution is -0.113. The van der Waals surface area contributed by atoms with Gasteiger partial charge in [-0.05, 0) is 48.6 Å². The second-order valence-electron chi connectivity index (χ2n) is 7.37. The van der Waals surface area contributed by atoms with Crippen LogP contribution < -0.4 is 5.32 Å². The lowest BCUT2D eigenvalue weighted by Crippen LogP contribution is -2.21. The molecule has 1 aliphatic rings. The van der Waals surface area contributed by atoms with Crippen LogP contribution in [0.3, 0.4) is 0 Å². The number of aromatic nitrogens is 3. The molecule has 2 amide bonds. The summed E-state index contributed by atoms with van der Waals surface area (Å²) in [7, 11) is 3.42. The lowest BCUT2D eigenvalue weighted by Gasteiger charge is -2.11. The second-order valence-corrected chi connectivity index (χ2v) is 9.34. The highest BCUT2D eigenvalue weighted by molar-refractivity contribution is 7.99. The van der Waals surface area contributed by atoms with Crippen LogP contribution in [0.5, 0.6) is 0 Å². The highest BCUT2D eigenvalue weighted by Gasteiger charge is 2.30. The summed E-state index contributed by atoms with van der Waals surface area (Å²) in [4.78, 5) is 27.1. The van der Waals surface area contributed by atoms with E-state index in [4.69, 9.17) is 0 Å². The zero-order valence-electron chi connectivity index (χ0n) is 16.9. The van der Waals surface area contributed by atoms with Crippen molar-refractivity contribution in [2.75, 3.05) is 25.2 Å². The number of benzene rings is 1. The molecular formula is C21H23N5O2S2. The van der Waals surface area contributed by atoms with Crippen LogP contribution >= 0.6 is 23.1 Å². The van der Waals surface area contributed by atoms with Crippen LogP contribution in [0.15, 0.2) is 46.9 Å². The molecule has 1 aromatic carbocycles. The Balaban J connectivity index is 1.36. The van der Waals surface area contributed by atoms with Gasteiger partial charge in [0.25, 0.3) is 5.91 Å². The van der Waals surface area contributed by atoms with Gasteiger partial charge in [-0.25, -0.2) is 0 Å². The molecule has 0 spiro atoms. The van der Waals surface area contributed by atoms with Crippen LogP contribution in [-0.4, -0.2) is 51.3 Å². The molecule has 3 aromatic rings. The van der Waals surface area contributed by atoms with Crippen molar-refractivity contribution in [2.24, 2.45) is 0 Å². The number of thiophene rings is 1. The number of amides is 2. The number of hydrogen-bond acceptors (Lipinski definition) is 6. The average molecular weight is 442 g/mol. The minimum absolute atomic E-state index is 0.0683. The highest BCUT2D eigenvalue weighted by atomic mass is 32.2.